The smallest absolute Gasteiger partial charge is 0.482 e. The molecule has 0 radical (unpaired) electrons. The number of carbonyl (C=O) groups is 2. The van der Waals surface area contributed by atoms with E-state index < -0.39 is 36.4 Å². The van der Waals surface area contributed by atoms with E-state index in [0.29, 0.717) is 0 Å². The number of ether oxygens (including phenoxy) is 2. The second-order valence-electron chi connectivity index (χ2n) is 7.91. The van der Waals surface area contributed by atoms with Crippen molar-refractivity contribution in [2.24, 2.45) is 0 Å². The number of aliphatic carboxylic acids is 1. The van der Waals surface area contributed by atoms with Gasteiger partial charge in [-0.05, 0) is 47.4 Å². The van der Waals surface area contributed by atoms with Crippen molar-refractivity contribution in [3.8, 4) is 11.8 Å². The number of rotatable bonds is 7. The molecule has 4 rings (SSSR count). The molecule has 1 atom stereocenters. The van der Waals surface area contributed by atoms with Crippen LogP contribution in [-0.4, -0.2) is 35.4 Å². The maximum absolute atomic E-state index is 14.7. The Morgan fingerprint density at radius 3 is 2.58 bits per heavy atom. The first-order valence-corrected chi connectivity index (χ1v) is 10.9. The molecule has 36 heavy (non-hydrogen) atoms. The molecule has 10 heteroatoms. The van der Waals surface area contributed by atoms with Crippen LogP contribution in [0.2, 0.25) is 0 Å². The number of carboxylic acid groups (broad SMARTS) is 1. The Hall–Kier alpha value is -4.49. The van der Waals surface area contributed by atoms with Crippen molar-refractivity contribution in [2.75, 3.05) is 13.2 Å². The molecule has 0 saturated carbocycles. The fourth-order valence-electron chi connectivity index (χ4n) is 4.00. The number of nitriles is 1. The standard InChI is InChI=1S/C26H20F2N2O6/c27-18-11-20-19(22(28)12-18)8-9-30(36-26(33)35-14-16-4-2-1-3-5-16)25(20)21-10-17(13-29)6-7-23(21)34-15-24(31)32/h1-7,10-12,25H,8-9,14-15H2,(H,31,32). The summed E-state index contributed by atoms with van der Waals surface area (Å²) in [4.78, 5) is 29.1. The zero-order valence-electron chi connectivity index (χ0n) is 18.8. The first-order valence-electron chi connectivity index (χ1n) is 10.9. The van der Waals surface area contributed by atoms with Gasteiger partial charge in [-0.1, -0.05) is 30.3 Å². The summed E-state index contributed by atoms with van der Waals surface area (Å²) in [6.45, 7) is -0.749. The molecule has 1 aliphatic heterocycles. The van der Waals surface area contributed by atoms with Gasteiger partial charge < -0.3 is 19.4 Å². The van der Waals surface area contributed by atoms with Crippen molar-refractivity contribution >= 4 is 12.1 Å². The minimum atomic E-state index is -1.25. The zero-order valence-corrected chi connectivity index (χ0v) is 18.8. The summed E-state index contributed by atoms with van der Waals surface area (Å²) in [6.07, 6.45) is -0.957. The van der Waals surface area contributed by atoms with E-state index in [1.165, 1.54) is 23.3 Å². The number of fused-ring (bicyclic) bond motifs is 1. The van der Waals surface area contributed by atoms with Crippen molar-refractivity contribution in [3.63, 3.8) is 0 Å². The Labute approximate surface area is 204 Å². The van der Waals surface area contributed by atoms with Gasteiger partial charge in [-0.2, -0.15) is 5.26 Å². The number of hydroxylamine groups is 2. The average Bonchev–Trinajstić information content (AvgIpc) is 2.86. The van der Waals surface area contributed by atoms with Crippen LogP contribution in [0.25, 0.3) is 0 Å². The Morgan fingerprint density at radius 1 is 1.08 bits per heavy atom. The summed E-state index contributed by atoms with van der Waals surface area (Å²) < 4.78 is 39.5. The molecule has 0 bridgehead atoms. The number of halogens is 2. The first-order chi connectivity index (χ1) is 17.4. The number of nitrogens with zero attached hydrogens (tertiary/aromatic N) is 2. The topological polar surface area (TPSA) is 109 Å². The second-order valence-corrected chi connectivity index (χ2v) is 7.91. The van der Waals surface area contributed by atoms with Crippen molar-refractivity contribution < 1.29 is 37.8 Å². The molecule has 1 aliphatic rings. The van der Waals surface area contributed by atoms with Gasteiger partial charge in [0.2, 0.25) is 0 Å². The van der Waals surface area contributed by atoms with Crippen molar-refractivity contribution in [3.05, 3.63) is 100 Å². The zero-order chi connectivity index (χ0) is 25.7. The van der Waals surface area contributed by atoms with Crippen LogP contribution >= 0.6 is 0 Å². The molecular formula is C26H20F2N2O6. The molecule has 0 fully saturated rings. The van der Waals surface area contributed by atoms with Crippen LogP contribution in [0.4, 0.5) is 13.6 Å². The maximum atomic E-state index is 14.7. The van der Waals surface area contributed by atoms with Crippen molar-refractivity contribution in [2.45, 2.75) is 19.1 Å². The molecular weight excluding hydrogens is 474 g/mol. The van der Waals surface area contributed by atoms with Crippen LogP contribution in [-0.2, 0) is 27.4 Å². The predicted molar refractivity (Wildman–Crippen MR) is 121 cm³/mol. The van der Waals surface area contributed by atoms with Gasteiger partial charge >= 0.3 is 12.1 Å². The van der Waals surface area contributed by atoms with Crippen molar-refractivity contribution in [1.29, 1.82) is 5.26 Å². The molecule has 0 spiro atoms. The molecule has 184 valence electrons. The van der Waals surface area contributed by atoms with Gasteiger partial charge in [-0.3, -0.25) is 0 Å². The predicted octanol–water partition coefficient (Wildman–Crippen LogP) is 4.52. The summed E-state index contributed by atoms with van der Waals surface area (Å²) >= 11 is 0. The van der Waals surface area contributed by atoms with Gasteiger partial charge in [0.05, 0.1) is 11.6 Å². The van der Waals surface area contributed by atoms with Crippen LogP contribution in [0.15, 0.2) is 60.7 Å². The van der Waals surface area contributed by atoms with Crippen LogP contribution in [0.1, 0.15) is 33.9 Å². The molecule has 0 saturated heterocycles. The van der Waals surface area contributed by atoms with Crippen LogP contribution < -0.4 is 4.74 Å². The monoisotopic (exact) mass is 494 g/mol. The highest BCUT2D eigenvalue weighted by Gasteiger charge is 2.36. The lowest BCUT2D eigenvalue weighted by Crippen LogP contribution is -2.38. The largest absolute Gasteiger partial charge is 0.528 e. The molecule has 8 nitrogen and oxygen atoms in total. The maximum Gasteiger partial charge on any atom is 0.528 e. The highest BCUT2D eigenvalue weighted by molar-refractivity contribution is 5.68. The molecule has 0 aromatic heterocycles. The number of hydrogen-bond donors (Lipinski definition) is 1. The Kier molecular flexibility index (Phi) is 7.42. The van der Waals surface area contributed by atoms with E-state index >= 15 is 0 Å². The Bertz CT molecular complexity index is 1330. The third kappa shape index (κ3) is 5.59. The molecule has 0 amide bonds. The van der Waals surface area contributed by atoms with E-state index in [0.717, 1.165) is 17.7 Å². The minimum Gasteiger partial charge on any atom is -0.482 e. The van der Waals surface area contributed by atoms with Crippen LogP contribution in [0, 0.1) is 23.0 Å². The quantitative estimate of drug-likeness (QED) is 0.478. The Balaban J connectivity index is 1.71. The average molecular weight is 494 g/mol. The van der Waals surface area contributed by atoms with Gasteiger partial charge in [0.25, 0.3) is 0 Å². The molecule has 1 unspecified atom stereocenters. The van der Waals surface area contributed by atoms with Gasteiger partial charge in [0.1, 0.15) is 30.0 Å². The molecule has 1 heterocycles. The number of benzene rings is 3. The summed E-state index contributed by atoms with van der Waals surface area (Å²) in [5, 5.41) is 19.7. The number of carbonyl (C=O) groups excluding carboxylic acids is 1. The lowest BCUT2D eigenvalue weighted by Gasteiger charge is -2.36. The highest BCUT2D eigenvalue weighted by atomic mass is 19.1. The van der Waals surface area contributed by atoms with E-state index in [1.807, 2.05) is 12.1 Å². The van der Waals surface area contributed by atoms with Crippen molar-refractivity contribution in [1.82, 2.24) is 5.06 Å². The Morgan fingerprint density at radius 2 is 1.86 bits per heavy atom. The summed E-state index contributed by atoms with van der Waals surface area (Å²) in [5.74, 6) is -2.82. The van der Waals surface area contributed by atoms with Gasteiger partial charge in [0.15, 0.2) is 6.61 Å². The summed E-state index contributed by atoms with van der Waals surface area (Å²) in [6, 6.07) is 15.8. The van der Waals surface area contributed by atoms with E-state index in [9.17, 15) is 23.6 Å². The van der Waals surface area contributed by atoms with Crippen LogP contribution in [0.5, 0.6) is 5.75 Å². The van der Waals surface area contributed by atoms with E-state index in [-0.39, 0.29) is 47.6 Å². The molecule has 1 N–H and O–H groups in total. The van der Waals surface area contributed by atoms with Gasteiger partial charge in [-0.25, -0.2) is 18.4 Å². The highest BCUT2D eigenvalue weighted by Crippen LogP contribution is 2.41. The SMILES string of the molecule is N#Cc1ccc(OCC(=O)O)c(C2c3cc(F)cc(F)c3CCN2OC(=O)OCc2ccccc2)c1. The van der Waals surface area contributed by atoms with Gasteiger partial charge in [0, 0.05) is 18.2 Å². The number of carboxylic acids is 1. The third-order valence-corrected chi connectivity index (χ3v) is 5.54. The van der Waals surface area contributed by atoms with Crippen LogP contribution in [0.3, 0.4) is 0 Å². The molecule has 3 aromatic carbocycles. The van der Waals surface area contributed by atoms with E-state index in [4.69, 9.17) is 19.4 Å². The summed E-state index contributed by atoms with van der Waals surface area (Å²) in [7, 11) is 0. The fraction of sp³-hybridized carbons (Fsp3) is 0.192. The molecule has 3 aromatic rings. The first kappa shape index (κ1) is 24.6. The second kappa shape index (κ2) is 10.8. The van der Waals surface area contributed by atoms with Gasteiger partial charge in [-0.15, -0.1) is 5.06 Å². The fourth-order valence-corrected chi connectivity index (χ4v) is 4.00. The number of hydrogen-bond acceptors (Lipinski definition) is 7. The summed E-state index contributed by atoms with van der Waals surface area (Å²) in [5.41, 5.74) is 1.45. The third-order valence-electron chi connectivity index (χ3n) is 5.54. The lowest BCUT2D eigenvalue weighted by molar-refractivity contribution is -0.153. The normalized spacial score (nSPS) is 14.9. The van der Waals surface area contributed by atoms with E-state index in [1.54, 1.807) is 24.3 Å². The minimum absolute atomic E-state index is 0.00973. The molecule has 0 aliphatic carbocycles. The van der Waals surface area contributed by atoms with E-state index in [2.05, 4.69) is 0 Å². The lowest BCUT2D eigenvalue weighted by atomic mass is 9.88.